The second-order valence-electron chi connectivity index (χ2n) is 7.70. The van der Waals surface area contributed by atoms with E-state index in [-0.39, 0.29) is 19.1 Å². The molecule has 0 saturated heterocycles. The van der Waals surface area contributed by atoms with Gasteiger partial charge < -0.3 is 36.2 Å². The summed E-state index contributed by atoms with van der Waals surface area (Å²) < 4.78 is 24.6. The number of carbonyl (C=O) groups excluding carboxylic acids is 3. The molecule has 0 aliphatic heterocycles. The van der Waals surface area contributed by atoms with Gasteiger partial charge in [0.05, 0.1) is 0 Å². The summed E-state index contributed by atoms with van der Waals surface area (Å²) in [5.74, 6) is -1.90. The quantitative estimate of drug-likeness (QED) is 0.156. The maximum absolute atomic E-state index is 12.4. The number of benzene rings is 2. The van der Waals surface area contributed by atoms with Gasteiger partial charge in [-0.2, -0.15) is 0 Å². The Morgan fingerprint density at radius 2 is 1.35 bits per heavy atom. The molecule has 2 rings (SSSR count). The van der Waals surface area contributed by atoms with E-state index in [0.717, 1.165) is 5.56 Å². The van der Waals surface area contributed by atoms with Crippen LogP contribution in [0.3, 0.4) is 0 Å². The van der Waals surface area contributed by atoms with Crippen molar-refractivity contribution in [1.82, 2.24) is 0 Å². The lowest BCUT2D eigenvalue weighted by molar-refractivity contribution is -0.171. The van der Waals surface area contributed by atoms with E-state index in [1.54, 1.807) is 60.7 Å². The van der Waals surface area contributed by atoms with Crippen LogP contribution in [-0.4, -0.2) is 76.7 Å². The van der Waals surface area contributed by atoms with Gasteiger partial charge in [-0.15, -0.1) is 0 Å². The SMILES string of the molecule is [2H]N[C@@H](Cc1ccccc1)C(=O)OC[C@@H](O)[C@H](O)[C@H](O)[C@H](C=O)OC(=O)[C@H](Cc1ccccc1)N[2H]. The van der Waals surface area contributed by atoms with E-state index in [2.05, 4.69) is 5.73 Å². The summed E-state index contributed by atoms with van der Waals surface area (Å²) in [5, 5.41) is 30.7. The smallest absolute Gasteiger partial charge is 0.324 e. The fourth-order valence-corrected chi connectivity index (χ4v) is 3.05. The van der Waals surface area contributed by atoms with Gasteiger partial charge in [-0.3, -0.25) is 14.4 Å². The normalized spacial score (nSPS) is 17.1. The molecule has 10 heteroatoms. The summed E-state index contributed by atoms with van der Waals surface area (Å²) in [4.78, 5) is 36.1. The largest absolute Gasteiger partial charge is 0.462 e. The van der Waals surface area contributed by atoms with Crippen molar-refractivity contribution in [2.75, 3.05) is 6.61 Å². The first-order valence-electron chi connectivity index (χ1n) is 11.6. The number of carbonyl (C=O) groups is 3. The minimum absolute atomic E-state index is 0.0696. The van der Waals surface area contributed by atoms with Crippen LogP contribution in [0.4, 0.5) is 0 Å². The number of hydrogen-bond donors (Lipinski definition) is 5. The fourth-order valence-electron chi connectivity index (χ4n) is 3.05. The van der Waals surface area contributed by atoms with E-state index in [0.29, 0.717) is 5.56 Å². The maximum Gasteiger partial charge on any atom is 0.324 e. The average Bonchev–Trinajstić information content (AvgIpc) is 2.91. The highest BCUT2D eigenvalue weighted by Gasteiger charge is 2.35. The van der Waals surface area contributed by atoms with Gasteiger partial charge in [0.25, 0.3) is 0 Å². The van der Waals surface area contributed by atoms with E-state index in [4.69, 9.17) is 12.3 Å². The molecule has 0 aliphatic carbocycles. The highest BCUT2D eigenvalue weighted by atomic mass is 16.6. The molecular weight excluding hydrogens is 444 g/mol. The molecule has 0 amide bonds. The second-order valence-corrected chi connectivity index (χ2v) is 7.70. The molecule has 7 N–H and O–H groups in total. The van der Waals surface area contributed by atoms with Crippen LogP contribution in [0, 0.1) is 0 Å². The zero-order chi connectivity index (χ0) is 26.5. The number of aliphatic hydroxyl groups excluding tert-OH is 3. The van der Waals surface area contributed by atoms with Gasteiger partial charge in [0.1, 0.15) is 39.8 Å². The first-order valence-corrected chi connectivity index (χ1v) is 10.6. The lowest BCUT2D eigenvalue weighted by Gasteiger charge is -2.27. The molecular formula is C24H30N2O8. The zero-order valence-corrected chi connectivity index (χ0v) is 18.3. The Morgan fingerprint density at radius 1 is 0.853 bits per heavy atom. The van der Waals surface area contributed by atoms with Crippen LogP contribution in [0.2, 0.25) is 2.82 Å². The number of hydrogen-bond acceptors (Lipinski definition) is 10. The Kier molecular flexibility index (Phi) is 9.55. The minimum atomic E-state index is -2.04. The van der Waals surface area contributed by atoms with E-state index in [9.17, 15) is 29.7 Å². The molecule has 0 bridgehead atoms. The summed E-state index contributed by atoms with van der Waals surface area (Å²) >= 11 is 0. The molecule has 0 heterocycles. The van der Waals surface area contributed by atoms with E-state index >= 15 is 0 Å². The van der Waals surface area contributed by atoms with Crippen molar-refractivity contribution < 1.29 is 42.0 Å². The molecule has 0 radical (unpaired) electrons. The van der Waals surface area contributed by atoms with Gasteiger partial charge >= 0.3 is 11.9 Å². The highest BCUT2D eigenvalue weighted by Crippen LogP contribution is 2.11. The topological polar surface area (TPSA) is 182 Å². The first kappa shape index (κ1) is 24.0. The van der Waals surface area contributed by atoms with Crippen molar-refractivity contribution in [2.45, 2.75) is 49.3 Å². The van der Waals surface area contributed by atoms with Gasteiger partial charge in [0.2, 0.25) is 0 Å². The van der Waals surface area contributed by atoms with Crippen molar-refractivity contribution in [3.63, 3.8) is 0 Å². The number of nitrogens with two attached hydrogens (primary N) is 2. The Morgan fingerprint density at radius 3 is 1.82 bits per heavy atom. The maximum atomic E-state index is 12.4. The van der Waals surface area contributed by atoms with Crippen molar-refractivity contribution in [3.8, 4) is 0 Å². The van der Waals surface area contributed by atoms with Gasteiger partial charge in [0, 0.05) is 0 Å². The highest BCUT2D eigenvalue weighted by molar-refractivity contribution is 5.78. The molecule has 0 spiro atoms. The number of rotatable bonds is 15. The number of esters is 2. The molecule has 6 atom stereocenters. The van der Waals surface area contributed by atoms with Crippen LogP contribution in [-0.2, 0) is 36.7 Å². The summed E-state index contributed by atoms with van der Waals surface area (Å²) in [6.07, 6.45) is -7.46. The molecule has 0 saturated carbocycles. The number of aliphatic hydroxyl groups is 3. The predicted molar refractivity (Wildman–Crippen MR) is 121 cm³/mol. The molecule has 0 aliphatic rings. The minimum Gasteiger partial charge on any atom is -0.462 e. The molecule has 0 fully saturated rings. The molecule has 2 aromatic rings. The third-order valence-corrected chi connectivity index (χ3v) is 5.00. The van der Waals surface area contributed by atoms with Crippen LogP contribution in [0.15, 0.2) is 60.7 Å². The number of ether oxygens (including phenoxy) is 2. The third-order valence-electron chi connectivity index (χ3n) is 5.00. The van der Waals surface area contributed by atoms with E-state index < -0.39 is 55.0 Å². The Balaban J connectivity index is 1.89. The van der Waals surface area contributed by atoms with Crippen LogP contribution in [0.5, 0.6) is 0 Å². The Labute approximate surface area is 200 Å². The summed E-state index contributed by atoms with van der Waals surface area (Å²) in [7, 11) is 0. The van der Waals surface area contributed by atoms with E-state index in [1.807, 2.05) is 5.73 Å². The summed E-state index contributed by atoms with van der Waals surface area (Å²) in [5.41, 5.74) is 5.57. The fraction of sp³-hybridized carbons (Fsp3) is 0.375. The molecule has 184 valence electrons. The third kappa shape index (κ3) is 8.32. The van der Waals surface area contributed by atoms with Gasteiger partial charge in [-0.05, 0) is 24.0 Å². The Bertz CT molecular complexity index is 954. The zero-order valence-electron chi connectivity index (χ0n) is 20.3. The van der Waals surface area contributed by atoms with E-state index in [1.165, 1.54) is 0 Å². The predicted octanol–water partition coefficient (Wildman–Crippen LogP) is -1.14. The van der Waals surface area contributed by atoms with Crippen LogP contribution in [0.1, 0.15) is 11.1 Å². The van der Waals surface area contributed by atoms with Crippen LogP contribution in [0.25, 0.3) is 0 Å². The first-order chi connectivity index (χ1) is 17.3. The Hall–Kier alpha value is -3.15. The molecule has 0 aromatic heterocycles. The monoisotopic (exact) mass is 476 g/mol. The van der Waals surface area contributed by atoms with Crippen LogP contribution >= 0.6 is 0 Å². The van der Waals surface area contributed by atoms with Crippen molar-refractivity contribution in [1.29, 1.82) is 0 Å². The summed E-state index contributed by atoms with van der Waals surface area (Å²) in [6, 6.07) is 15.4. The summed E-state index contributed by atoms with van der Waals surface area (Å²) in [6.45, 7) is -0.755. The molecule has 0 unspecified atom stereocenters. The molecule has 10 nitrogen and oxygen atoms in total. The van der Waals surface area contributed by atoms with Gasteiger partial charge in [-0.1, -0.05) is 60.7 Å². The van der Waals surface area contributed by atoms with Crippen LogP contribution < -0.4 is 11.5 Å². The average molecular weight is 477 g/mol. The van der Waals surface area contributed by atoms with Crippen molar-refractivity contribution in [2.24, 2.45) is 11.5 Å². The second kappa shape index (κ2) is 13.5. The molecule has 34 heavy (non-hydrogen) atoms. The lowest BCUT2D eigenvalue weighted by Crippen LogP contribution is -2.50. The molecule has 2 aromatic carbocycles. The van der Waals surface area contributed by atoms with Crippen molar-refractivity contribution >= 4 is 18.2 Å². The lowest BCUT2D eigenvalue weighted by atomic mass is 10.0. The standard InChI is InChI=1S/C24H30N2O8/c25-17(11-15-7-3-1-4-8-15)23(31)33-14-19(28)21(29)22(30)20(13-27)34-24(32)18(26)12-16-9-5-2-6-10-16/h1-10,13,17-22,28-30H,11-12,14,25-26H2/t17-,18-,19+,20-,21-,22+/m0/s1/i/hD2. The number of aldehydes is 1. The van der Waals surface area contributed by atoms with Crippen molar-refractivity contribution in [3.05, 3.63) is 71.8 Å². The van der Waals surface area contributed by atoms with Gasteiger partial charge in [0.15, 0.2) is 12.4 Å². The van der Waals surface area contributed by atoms with Gasteiger partial charge in [-0.25, -0.2) is 0 Å².